The van der Waals surface area contributed by atoms with Crippen molar-refractivity contribution < 1.29 is 23.1 Å². The third kappa shape index (κ3) is 3.10. The van der Waals surface area contributed by atoms with Gasteiger partial charge in [-0.25, -0.2) is 8.42 Å². The van der Waals surface area contributed by atoms with Crippen molar-refractivity contribution in [1.29, 1.82) is 0 Å². The molecule has 1 aliphatic rings. The standard InChI is InChI=1S/C13H17NO5S/c1-2-20(17,18)12-5-3-10(4-6-12)14(7-13(15)16)11-8-19-9-11/h3-6,11H,2,7-9H2,1H3,(H,15,16). The van der Waals surface area contributed by atoms with Crippen LogP contribution in [-0.4, -0.2) is 51.0 Å². The maximum Gasteiger partial charge on any atom is 0.323 e. The summed E-state index contributed by atoms with van der Waals surface area (Å²) in [6, 6.07) is 6.35. The SMILES string of the molecule is CCS(=O)(=O)c1ccc(N(CC(=O)O)C2COC2)cc1. The molecule has 7 heteroatoms. The molecule has 110 valence electrons. The molecule has 1 heterocycles. The van der Waals surface area contributed by atoms with Gasteiger partial charge < -0.3 is 14.7 Å². The number of ether oxygens (including phenoxy) is 1. The number of aliphatic carboxylic acids is 1. The van der Waals surface area contributed by atoms with Crippen LogP contribution in [0.2, 0.25) is 0 Å². The average Bonchev–Trinajstić information content (AvgIpc) is 2.35. The Bertz CT molecular complexity index is 577. The van der Waals surface area contributed by atoms with E-state index in [4.69, 9.17) is 9.84 Å². The first-order valence-corrected chi connectivity index (χ1v) is 7.98. The molecule has 1 aromatic rings. The Kier molecular flexibility index (Phi) is 4.29. The minimum Gasteiger partial charge on any atom is -0.480 e. The van der Waals surface area contributed by atoms with E-state index in [1.807, 2.05) is 0 Å². The molecule has 0 aliphatic carbocycles. The zero-order valence-corrected chi connectivity index (χ0v) is 12.0. The molecule has 0 atom stereocenters. The van der Waals surface area contributed by atoms with Gasteiger partial charge in [0.15, 0.2) is 9.84 Å². The second kappa shape index (κ2) is 5.80. The number of carbonyl (C=O) groups is 1. The lowest BCUT2D eigenvalue weighted by Gasteiger charge is -2.37. The molecule has 0 saturated carbocycles. The fourth-order valence-electron chi connectivity index (χ4n) is 1.99. The zero-order valence-electron chi connectivity index (χ0n) is 11.2. The van der Waals surface area contributed by atoms with Gasteiger partial charge in [-0.05, 0) is 24.3 Å². The number of carboxylic acid groups (broad SMARTS) is 1. The van der Waals surface area contributed by atoms with Crippen molar-refractivity contribution in [2.45, 2.75) is 17.9 Å². The van der Waals surface area contributed by atoms with Crippen LogP contribution < -0.4 is 4.90 Å². The van der Waals surface area contributed by atoms with Crippen molar-refractivity contribution in [2.75, 3.05) is 30.4 Å². The Hall–Kier alpha value is -1.60. The molecule has 20 heavy (non-hydrogen) atoms. The molecule has 0 bridgehead atoms. The number of carboxylic acids is 1. The van der Waals surface area contributed by atoms with Gasteiger partial charge in [-0.3, -0.25) is 4.79 Å². The Labute approximate surface area is 117 Å². The summed E-state index contributed by atoms with van der Waals surface area (Å²) >= 11 is 0. The van der Waals surface area contributed by atoms with E-state index in [0.29, 0.717) is 18.9 Å². The molecule has 0 spiro atoms. The van der Waals surface area contributed by atoms with Gasteiger partial charge in [-0.15, -0.1) is 0 Å². The van der Waals surface area contributed by atoms with E-state index in [9.17, 15) is 13.2 Å². The molecule has 6 nitrogen and oxygen atoms in total. The van der Waals surface area contributed by atoms with E-state index in [1.165, 1.54) is 12.1 Å². The van der Waals surface area contributed by atoms with E-state index in [-0.39, 0.29) is 23.2 Å². The molecular formula is C13H17NO5S. The van der Waals surface area contributed by atoms with Crippen molar-refractivity contribution in [3.63, 3.8) is 0 Å². The van der Waals surface area contributed by atoms with Crippen LogP contribution in [0.5, 0.6) is 0 Å². The fourth-order valence-corrected chi connectivity index (χ4v) is 2.88. The van der Waals surface area contributed by atoms with Crippen molar-refractivity contribution >= 4 is 21.5 Å². The van der Waals surface area contributed by atoms with E-state index < -0.39 is 15.8 Å². The smallest absolute Gasteiger partial charge is 0.323 e. The molecule has 1 N–H and O–H groups in total. The maximum absolute atomic E-state index is 11.7. The first-order valence-electron chi connectivity index (χ1n) is 6.33. The van der Waals surface area contributed by atoms with E-state index >= 15 is 0 Å². The Morgan fingerprint density at radius 2 is 1.95 bits per heavy atom. The molecule has 1 fully saturated rings. The van der Waals surface area contributed by atoms with Crippen molar-refractivity contribution in [3.05, 3.63) is 24.3 Å². The highest BCUT2D eigenvalue weighted by molar-refractivity contribution is 7.91. The number of anilines is 1. The predicted molar refractivity (Wildman–Crippen MR) is 73.8 cm³/mol. The predicted octanol–water partition coefficient (Wildman–Crippen LogP) is 0.770. The molecule has 0 aromatic heterocycles. The van der Waals surface area contributed by atoms with Gasteiger partial charge >= 0.3 is 5.97 Å². The van der Waals surface area contributed by atoms with Crippen LogP contribution in [0.4, 0.5) is 5.69 Å². The lowest BCUT2D eigenvalue weighted by Crippen LogP contribution is -2.51. The van der Waals surface area contributed by atoms with E-state index in [1.54, 1.807) is 24.0 Å². The molecule has 0 unspecified atom stereocenters. The summed E-state index contributed by atoms with van der Waals surface area (Å²) < 4.78 is 28.6. The molecule has 2 rings (SSSR count). The van der Waals surface area contributed by atoms with Gasteiger partial charge in [0.05, 0.1) is 29.9 Å². The van der Waals surface area contributed by atoms with Crippen LogP contribution >= 0.6 is 0 Å². The summed E-state index contributed by atoms with van der Waals surface area (Å²) in [6.45, 7) is 2.43. The summed E-state index contributed by atoms with van der Waals surface area (Å²) in [5.74, 6) is -0.885. The lowest BCUT2D eigenvalue weighted by molar-refractivity contribution is -0.135. The van der Waals surface area contributed by atoms with Crippen LogP contribution in [0.15, 0.2) is 29.2 Å². The summed E-state index contributed by atoms with van der Waals surface area (Å²) in [7, 11) is -3.24. The van der Waals surface area contributed by atoms with Gasteiger partial charge in [-0.2, -0.15) is 0 Å². The van der Waals surface area contributed by atoms with Gasteiger partial charge in [0.2, 0.25) is 0 Å². The molecule has 0 amide bonds. The van der Waals surface area contributed by atoms with Gasteiger partial charge in [-0.1, -0.05) is 6.92 Å². The number of rotatable bonds is 6. The van der Waals surface area contributed by atoms with Crippen molar-refractivity contribution in [2.24, 2.45) is 0 Å². The average molecular weight is 299 g/mol. The minimum atomic E-state index is -3.24. The number of hydrogen-bond acceptors (Lipinski definition) is 5. The normalized spacial score (nSPS) is 15.7. The Morgan fingerprint density at radius 1 is 1.35 bits per heavy atom. The van der Waals surface area contributed by atoms with Gasteiger partial charge in [0, 0.05) is 5.69 Å². The van der Waals surface area contributed by atoms with Crippen LogP contribution in [-0.2, 0) is 19.4 Å². The second-order valence-corrected chi connectivity index (χ2v) is 6.89. The fraction of sp³-hybridized carbons (Fsp3) is 0.462. The number of sulfone groups is 1. The quantitative estimate of drug-likeness (QED) is 0.835. The van der Waals surface area contributed by atoms with Crippen molar-refractivity contribution in [3.8, 4) is 0 Å². The van der Waals surface area contributed by atoms with Gasteiger partial charge in [0.1, 0.15) is 6.54 Å². The monoisotopic (exact) mass is 299 g/mol. The second-order valence-electron chi connectivity index (χ2n) is 4.61. The van der Waals surface area contributed by atoms with Crippen LogP contribution in [0.25, 0.3) is 0 Å². The number of hydrogen-bond donors (Lipinski definition) is 1. The highest BCUT2D eigenvalue weighted by atomic mass is 32.2. The van der Waals surface area contributed by atoms with E-state index in [2.05, 4.69) is 0 Å². The highest BCUT2D eigenvalue weighted by Crippen LogP contribution is 2.23. The third-order valence-corrected chi connectivity index (χ3v) is 5.02. The molecule has 1 aromatic carbocycles. The lowest BCUT2D eigenvalue weighted by atomic mass is 10.1. The van der Waals surface area contributed by atoms with Crippen molar-refractivity contribution in [1.82, 2.24) is 0 Å². The zero-order chi connectivity index (χ0) is 14.8. The van der Waals surface area contributed by atoms with Crippen LogP contribution in [0.3, 0.4) is 0 Å². The topological polar surface area (TPSA) is 83.9 Å². The Morgan fingerprint density at radius 3 is 2.35 bits per heavy atom. The molecule has 1 saturated heterocycles. The summed E-state index contributed by atoms with van der Waals surface area (Å²) in [5, 5.41) is 8.96. The van der Waals surface area contributed by atoms with Gasteiger partial charge in [0.25, 0.3) is 0 Å². The largest absolute Gasteiger partial charge is 0.480 e. The maximum atomic E-state index is 11.7. The minimum absolute atomic E-state index is 0.0275. The molecule has 0 radical (unpaired) electrons. The first kappa shape index (κ1) is 14.8. The van der Waals surface area contributed by atoms with Crippen LogP contribution in [0.1, 0.15) is 6.92 Å². The van der Waals surface area contributed by atoms with Crippen LogP contribution in [0, 0.1) is 0 Å². The molecular weight excluding hydrogens is 282 g/mol. The highest BCUT2D eigenvalue weighted by Gasteiger charge is 2.28. The molecule has 1 aliphatic heterocycles. The summed E-state index contributed by atoms with van der Waals surface area (Å²) in [6.07, 6.45) is 0. The summed E-state index contributed by atoms with van der Waals surface area (Å²) in [5.41, 5.74) is 0.691. The summed E-state index contributed by atoms with van der Waals surface area (Å²) in [4.78, 5) is 12.9. The number of nitrogens with zero attached hydrogens (tertiary/aromatic N) is 1. The van der Waals surface area contributed by atoms with E-state index in [0.717, 1.165) is 0 Å². The third-order valence-electron chi connectivity index (χ3n) is 3.27. The Balaban J connectivity index is 2.23. The number of benzene rings is 1. The first-order chi connectivity index (χ1) is 9.44.